The molecule has 3 aromatic rings. The predicted octanol–water partition coefficient (Wildman–Crippen LogP) is 2.39. The normalized spacial score (nSPS) is 16.9. The number of aromatic nitrogens is 4. The van der Waals surface area contributed by atoms with Crippen molar-refractivity contribution in [1.29, 1.82) is 0 Å². The van der Waals surface area contributed by atoms with Crippen LogP contribution < -0.4 is 5.32 Å². The van der Waals surface area contributed by atoms with E-state index in [1.54, 1.807) is 16.4 Å². The van der Waals surface area contributed by atoms with Gasteiger partial charge in [-0.15, -0.1) is 16.9 Å². The summed E-state index contributed by atoms with van der Waals surface area (Å²) in [7, 11) is 0. The van der Waals surface area contributed by atoms with Crippen molar-refractivity contribution in [2.45, 2.75) is 23.6 Å². The second-order valence-corrected chi connectivity index (χ2v) is 7.75. The number of hydrogen-bond donors (Lipinski definition) is 1. The lowest BCUT2D eigenvalue weighted by Crippen LogP contribution is -2.51. The van der Waals surface area contributed by atoms with Gasteiger partial charge in [0.25, 0.3) is 5.91 Å². The van der Waals surface area contributed by atoms with Crippen LogP contribution in [0.15, 0.2) is 59.5 Å². The molecule has 1 N–H and O–H groups in total. The summed E-state index contributed by atoms with van der Waals surface area (Å²) in [6.45, 7) is 4.39. The molecule has 0 spiro atoms. The highest BCUT2D eigenvalue weighted by atomic mass is 32.2. The predicted molar refractivity (Wildman–Crippen MR) is 109 cm³/mol. The highest BCUT2D eigenvalue weighted by Crippen LogP contribution is 2.27. The van der Waals surface area contributed by atoms with Crippen LogP contribution in [-0.4, -0.2) is 56.7 Å². The zero-order chi connectivity index (χ0) is 19.3. The Labute approximate surface area is 168 Å². The lowest BCUT2D eigenvalue weighted by atomic mass is 10.1. The Hall–Kier alpha value is -2.71. The van der Waals surface area contributed by atoms with Gasteiger partial charge in [0, 0.05) is 30.6 Å². The first-order valence-electron chi connectivity index (χ1n) is 9.29. The third-order valence-corrected chi connectivity index (χ3v) is 5.73. The number of carbonyl (C=O) groups excluding carboxylic acids is 1. The summed E-state index contributed by atoms with van der Waals surface area (Å²) in [6, 6.07) is 17.9. The smallest absolute Gasteiger partial charge is 0.255 e. The van der Waals surface area contributed by atoms with E-state index in [1.807, 2.05) is 59.5 Å². The third-order valence-electron chi connectivity index (χ3n) is 4.67. The Morgan fingerprint density at radius 2 is 1.96 bits per heavy atom. The lowest BCUT2D eigenvalue weighted by molar-refractivity contribution is 0.0705. The monoisotopic (exact) mass is 394 g/mol. The number of rotatable bonds is 5. The van der Waals surface area contributed by atoms with Crippen molar-refractivity contribution in [2.24, 2.45) is 0 Å². The first kappa shape index (κ1) is 18.6. The SMILES string of the molecule is CC1CN(C(=O)c2ccccc2SCc2nnnn2-c2ccccc2)CCN1. The number of piperazine rings is 1. The second kappa shape index (κ2) is 8.53. The molecule has 1 atom stereocenters. The van der Waals surface area contributed by atoms with Gasteiger partial charge in [-0.25, -0.2) is 0 Å². The van der Waals surface area contributed by atoms with Crippen molar-refractivity contribution >= 4 is 17.7 Å². The molecule has 1 amide bonds. The Kier molecular flexibility index (Phi) is 5.68. The molecule has 0 radical (unpaired) electrons. The molecule has 1 aliphatic heterocycles. The second-order valence-electron chi connectivity index (χ2n) is 6.73. The molecule has 0 saturated carbocycles. The molecule has 2 heterocycles. The number of tetrazole rings is 1. The average molecular weight is 395 g/mol. The molecule has 2 aromatic carbocycles. The number of carbonyl (C=O) groups is 1. The summed E-state index contributed by atoms with van der Waals surface area (Å²) < 4.78 is 1.73. The van der Waals surface area contributed by atoms with E-state index in [1.165, 1.54) is 0 Å². The maximum absolute atomic E-state index is 13.1. The van der Waals surface area contributed by atoms with Gasteiger partial charge in [0.05, 0.1) is 17.0 Å². The van der Waals surface area contributed by atoms with E-state index in [4.69, 9.17) is 0 Å². The lowest BCUT2D eigenvalue weighted by Gasteiger charge is -2.32. The van der Waals surface area contributed by atoms with E-state index in [9.17, 15) is 4.79 Å². The summed E-state index contributed by atoms with van der Waals surface area (Å²) in [5.74, 6) is 1.40. The Morgan fingerprint density at radius 3 is 2.79 bits per heavy atom. The molecular weight excluding hydrogens is 372 g/mol. The summed E-state index contributed by atoms with van der Waals surface area (Å²) >= 11 is 1.58. The van der Waals surface area contributed by atoms with Crippen molar-refractivity contribution in [2.75, 3.05) is 19.6 Å². The number of nitrogens with zero attached hydrogens (tertiary/aromatic N) is 5. The molecule has 7 nitrogen and oxygen atoms in total. The van der Waals surface area contributed by atoms with Gasteiger partial charge in [-0.05, 0) is 41.6 Å². The van der Waals surface area contributed by atoms with Crippen molar-refractivity contribution in [3.63, 3.8) is 0 Å². The number of thioether (sulfide) groups is 1. The summed E-state index contributed by atoms with van der Waals surface area (Å²) in [4.78, 5) is 15.9. The minimum atomic E-state index is 0.0825. The highest BCUT2D eigenvalue weighted by molar-refractivity contribution is 7.98. The Morgan fingerprint density at radius 1 is 1.18 bits per heavy atom. The van der Waals surface area contributed by atoms with Crippen molar-refractivity contribution in [3.8, 4) is 5.69 Å². The minimum Gasteiger partial charge on any atom is -0.336 e. The van der Waals surface area contributed by atoms with Crippen molar-refractivity contribution < 1.29 is 4.79 Å². The van der Waals surface area contributed by atoms with E-state index < -0.39 is 0 Å². The van der Waals surface area contributed by atoms with Crippen LogP contribution >= 0.6 is 11.8 Å². The van der Waals surface area contributed by atoms with Gasteiger partial charge < -0.3 is 10.2 Å². The zero-order valence-electron chi connectivity index (χ0n) is 15.7. The Balaban J connectivity index is 1.51. The first-order valence-corrected chi connectivity index (χ1v) is 10.3. The fraction of sp³-hybridized carbons (Fsp3) is 0.300. The van der Waals surface area contributed by atoms with E-state index in [-0.39, 0.29) is 5.91 Å². The number of amides is 1. The molecule has 1 fully saturated rings. The maximum Gasteiger partial charge on any atom is 0.255 e. The van der Waals surface area contributed by atoms with Crippen LogP contribution in [0.25, 0.3) is 5.69 Å². The Bertz CT molecular complexity index is 945. The summed E-state index contributed by atoms with van der Waals surface area (Å²) in [5, 5.41) is 15.4. The van der Waals surface area contributed by atoms with Gasteiger partial charge >= 0.3 is 0 Å². The van der Waals surface area contributed by atoms with Crippen LogP contribution in [0, 0.1) is 0 Å². The summed E-state index contributed by atoms with van der Waals surface area (Å²) in [6.07, 6.45) is 0. The fourth-order valence-corrected chi connectivity index (χ4v) is 4.21. The minimum absolute atomic E-state index is 0.0825. The zero-order valence-corrected chi connectivity index (χ0v) is 16.5. The van der Waals surface area contributed by atoms with Gasteiger partial charge in [0.15, 0.2) is 5.82 Å². The summed E-state index contributed by atoms with van der Waals surface area (Å²) in [5.41, 5.74) is 1.66. The van der Waals surface area contributed by atoms with Crippen LogP contribution in [0.4, 0.5) is 0 Å². The maximum atomic E-state index is 13.1. The molecule has 1 aromatic heterocycles. The molecule has 28 heavy (non-hydrogen) atoms. The largest absolute Gasteiger partial charge is 0.336 e. The van der Waals surface area contributed by atoms with Crippen LogP contribution in [0.2, 0.25) is 0 Å². The molecule has 0 bridgehead atoms. The molecule has 1 unspecified atom stereocenters. The number of hydrogen-bond acceptors (Lipinski definition) is 6. The van der Waals surface area contributed by atoms with Crippen molar-refractivity contribution in [3.05, 3.63) is 66.0 Å². The van der Waals surface area contributed by atoms with Gasteiger partial charge in [0.2, 0.25) is 0 Å². The molecule has 1 saturated heterocycles. The van der Waals surface area contributed by atoms with Crippen LogP contribution in [0.5, 0.6) is 0 Å². The average Bonchev–Trinajstić information content (AvgIpc) is 3.21. The standard InChI is InChI=1S/C20H22N6OS/c1-15-13-25(12-11-21-15)20(27)17-9-5-6-10-18(17)28-14-19-22-23-24-26(19)16-7-3-2-4-8-16/h2-10,15,21H,11-14H2,1H3. The van der Waals surface area contributed by atoms with Crippen LogP contribution in [0.3, 0.4) is 0 Å². The number of benzene rings is 2. The molecule has 144 valence electrons. The number of para-hydroxylation sites is 1. The van der Waals surface area contributed by atoms with Gasteiger partial charge in [-0.2, -0.15) is 4.68 Å². The molecule has 4 rings (SSSR count). The van der Waals surface area contributed by atoms with Gasteiger partial charge in [0.1, 0.15) is 0 Å². The highest BCUT2D eigenvalue weighted by Gasteiger charge is 2.23. The fourth-order valence-electron chi connectivity index (χ4n) is 3.26. The topological polar surface area (TPSA) is 75.9 Å². The third kappa shape index (κ3) is 4.07. The van der Waals surface area contributed by atoms with Gasteiger partial charge in [-0.1, -0.05) is 30.3 Å². The molecular formula is C20H22N6OS. The van der Waals surface area contributed by atoms with E-state index >= 15 is 0 Å². The molecule has 0 aliphatic carbocycles. The molecule has 8 heteroatoms. The van der Waals surface area contributed by atoms with Crippen molar-refractivity contribution in [1.82, 2.24) is 30.4 Å². The quantitative estimate of drug-likeness (QED) is 0.670. The van der Waals surface area contributed by atoms with Crippen LogP contribution in [-0.2, 0) is 5.75 Å². The van der Waals surface area contributed by atoms with Crippen LogP contribution in [0.1, 0.15) is 23.1 Å². The number of nitrogens with one attached hydrogen (secondary N) is 1. The first-order chi connectivity index (χ1) is 13.7. The molecule has 1 aliphatic rings. The van der Waals surface area contributed by atoms with Gasteiger partial charge in [-0.3, -0.25) is 4.79 Å². The van der Waals surface area contributed by atoms with E-state index in [0.717, 1.165) is 41.6 Å². The van der Waals surface area contributed by atoms with E-state index in [0.29, 0.717) is 11.8 Å². The van der Waals surface area contributed by atoms with E-state index in [2.05, 4.69) is 27.8 Å².